The lowest BCUT2D eigenvalue weighted by Gasteiger charge is -2.17. The lowest BCUT2D eigenvalue weighted by Crippen LogP contribution is -2.33. The molecule has 2 aliphatic rings. The van der Waals surface area contributed by atoms with Crippen molar-refractivity contribution in [1.29, 1.82) is 0 Å². The van der Waals surface area contributed by atoms with Crippen LogP contribution in [0.4, 0.5) is 0 Å². The van der Waals surface area contributed by atoms with Crippen LogP contribution in [-0.2, 0) is 10.0 Å². The molecule has 0 radical (unpaired) electrons. The number of nitrogens with two attached hydrogens (primary N) is 1. The van der Waals surface area contributed by atoms with Crippen LogP contribution in [0.15, 0.2) is 47.6 Å². The summed E-state index contributed by atoms with van der Waals surface area (Å²) in [7, 11) is -3.50. The Hall–Kier alpha value is -1.70. The van der Waals surface area contributed by atoms with Crippen molar-refractivity contribution in [3.05, 3.63) is 42.7 Å². The highest BCUT2D eigenvalue weighted by molar-refractivity contribution is 7.89. The lowest BCUT2D eigenvalue weighted by molar-refractivity contribution is 0.427. The van der Waals surface area contributed by atoms with Crippen molar-refractivity contribution in [2.24, 2.45) is 17.6 Å². The molecule has 0 bridgehead atoms. The molecule has 1 saturated carbocycles. The van der Waals surface area contributed by atoms with Crippen molar-refractivity contribution in [2.45, 2.75) is 23.8 Å². The predicted molar refractivity (Wildman–Crippen MR) is 86.5 cm³/mol. The molecule has 2 heterocycles. The Bertz CT molecular complexity index is 802. The van der Waals surface area contributed by atoms with Gasteiger partial charge in [0.1, 0.15) is 4.90 Å². The zero-order valence-electron chi connectivity index (χ0n) is 12.7. The van der Waals surface area contributed by atoms with Crippen LogP contribution in [-0.4, -0.2) is 41.6 Å². The molecule has 1 saturated heterocycles. The van der Waals surface area contributed by atoms with E-state index in [1.54, 1.807) is 15.2 Å². The van der Waals surface area contributed by atoms with E-state index in [2.05, 4.69) is 5.10 Å². The summed E-state index contributed by atoms with van der Waals surface area (Å²) >= 11 is 0. The molecule has 1 aromatic carbocycles. The second-order valence-corrected chi connectivity index (χ2v) is 8.38. The first-order valence-corrected chi connectivity index (χ1v) is 9.35. The topological polar surface area (TPSA) is 81.2 Å². The second kappa shape index (κ2) is 5.43. The number of para-hydroxylation sites is 1. The molecule has 1 aliphatic heterocycles. The van der Waals surface area contributed by atoms with E-state index < -0.39 is 10.0 Å². The van der Waals surface area contributed by atoms with Crippen molar-refractivity contribution in [3.8, 4) is 5.69 Å². The van der Waals surface area contributed by atoms with Gasteiger partial charge in [0, 0.05) is 19.1 Å². The maximum Gasteiger partial charge on any atom is 0.246 e. The molecular formula is C16H20N4O2S. The molecular weight excluding hydrogens is 312 g/mol. The summed E-state index contributed by atoms with van der Waals surface area (Å²) in [5.74, 6) is 0.706. The standard InChI is InChI=1S/C16H20N4O2S/c17-16-7-6-12-9-19(11-15(12)16)23(21,22)14-8-18-20(10-14)13-4-2-1-3-5-13/h1-5,8,10,12,15-16H,6-7,9,11,17H2. The van der Waals surface area contributed by atoms with Crippen LogP contribution in [0.25, 0.3) is 5.69 Å². The van der Waals surface area contributed by atoms with Crippen molar-refractivity contribution in [2.75, 3.05) is 13.1 Å². The van der Waals surface area contributed by atoms with E-state index in [0.29, 0.717) is 24.9 Å². The molecule has 122 valence electrons. The minimum atomic E-state index is -3.50. The predicted octanol–water partition coefficient (Wildman–Crippen LogP) is 1.23. The van der Waals surface area contributed by atoms with Crippen LogP contribution in [0, 0.1) is 11.8 Å². The fourth-order valence-electron chi connectivity index (χ4n) is 3.77. The zero-order chi connectivity index (χ0) is 16.0. The number of hydrogen-bond acceptors (Lipinski definition) is 4. The highest BCUT2D eigenvalue weighted by atomic mass is 32.2. The van der Waals surface area contributed by atoms with E-state index in [0.717, 1.165) is 18.5 Å². The van der Waals surface area contributed by atoms with Gasteiger partial charge in [-0.1, -0.05) is 18.2 Å². The highest BCUT2D eigenvalue weighted by Crippen LogP contribution is 2.39. The molecule has 4 rings (SSSR count). The van der Waals surface area contributed by atoms with E-state index >= 15 is 0 Å². The van der Waals surface area contributed by atoms with E-state index in [4.69, 9.17) is 5.73 Å². The van der Waals surface area contributed by atoms with Crippen molar-refractivity contribution >= 4 is 10.0 Å². The number of aromatic nitrogens is 2. The fourth-order valence-corrected chi connectivity index (χ4v) is 5.24. The lowest BCUT2D eigenvalue weighted by atomic mass is 9.98. The summed E-state index contributed by atoms with van der Waals surface area (Å²) in [5, 5.41) is 4.20. The fraction of sp³-hybridized carbons (Fsp3) is 0.438. The van der Waals surface area contributed by atoms with Crippen LogP contribution >= 0.6 is 0 Å². The van der Waals surface area contributed by atoms with Crippen LogP contribution in [0.3, 0.4) is 0 Å². The molecule has 3 unspecified atom stereocenters. The van der Waals surface area contributed by atoms with Crippen molar-refractivity contribution in [3.63, 3.8) is 0 Å². The third-order valence-electron chi connectivity index (χ3n) is 5.10. The minimum Gasteiger partial charge on any atom is -0.327 e. The minimum absolute atomic E-state index is 0.132. The van der Waals surface area contributed by atoms with Crippen molar-refractivity contribution < 1.29 is 8.42 Å². The highest BCUT2D eigenvalue weighted by Gasteiger charge is 2.45. The quantitative estimate of drug-likeness (QED) is 0.916. The Kier molecular flexibility index (Phi) is 3.51. The molecule has 1 aromatic heterocycles. The largest absolute Gasteiger partial charge is 0.327 e. The third-order valence-corrected chi connectivity index (χ3v) is 6.88. The summed E-state index contributed by atoms with van der Waals surface area (Å²) in [6.07, 6.45) is 5.05. The molecule has 7 heteroatoms. The molecule has 1 aliphatic carbocycles. The summed E-state index contributed by atoms with van der Waals surface area (Å²) in [6, 6.07) is 9.62. The maximum atomic E-state index is 12.8. The van der Waals surface area contributed by atoms with Gasteiger partial charge in [-0.3, -0.25) is 0 Å². The summed E-state index contributed by atoms with van der Waals surface area (Å²) in [6.45, 7) is 1.11. The second-order valence-electron chi connectivity index (χ2n) is 6.44. The van der Waals surface area contributed by atoms with Crippen molar-refractivity contribution in [1.82, 2.24) is 14.1 Å². The zero-order valence-corrected chi connectivity index (χ0v) is 13.6. The van der Waals surface area contributed by atoms with Gasteiger partial charge < -0.3 is 5.73 Å². The van der Waals surface area contributed by atoms with Crippen LogP contribution in [0.1, 0.15) is 12.8 Å². The number of nitrogens with zero attached hydrogens (tertiary/aromatic N) is 3. The Labute approximate surface area is 135 Å². The smallest absolute Gasteiger partial charge is 0.246 e. The number of fused-ring (bicyclic) bond motifs is 1. The Morgan fingerprint density at radius 2 is 1.91 bits per heavy atom. The molecule has 2 N–H and O–H groups in total. The number of benzene rings is 1. The summed E-state index contributed by atoms with van der Waals surface area (Å²) in [4.78, 5) is 0.245. The maximum absolute atomic E-state index is 12.8. The van der Waals surface area contributed by atoms with E-state index in [-0.39, 0.29) is 10.9 Å². The monoisotopic (exact) mass is 332 g/mol. The van der Waals surface area contributed by atoms with Gasteiger partial charge >= 0.3 is 0 Å². The molecule has 0 spiro atoms. The van der Waals surface area contributed by atoms with Crippen LogP contribution < -0.4 is 5.73 Å². The molecule has 0 amide bonds. The number of rotatable bonds is 3. The molecule has 2 fully saturated rings. The van der Waals surface area contributed by atoms with Gasteiger partial charge in [-0.2, -0.15) is 9.40 Å². The summed E-state index contributed by atoms with van der Waals surface area (Å²) < 4.78 is 28.9. The van der Waals surface area contributed by atoms with Gasteiger partial charge in [-0.25, -0.2) is 13.1 Å². The molecule has 23 heavy (non-hydrogen) atoms. The SMILES string of the molecule is NC1CCC2CN(S(=O)(=O)c3cnn(-c4ccccc4)c3)CC12. The first-order valence-electron chi connectivity index (χ1n) is 7.91. The van der Waals surface area contributed by atoms with E-state index in [1.165, 1.54) is 6.20 Å². The Morgan fingerprint density at radius 3 is 2.65 bits per heavy atom. The average Bonchev–Trinajstić information content (AvgIpc) is 3.26. The molecule has 3 atom stereocenters. The molecule has 2 aromatic rings. The van der Waals surface area contributed by atoms with Gasteiger partial charge in [0.05, 0.1) is 18.1 Å². The third kappa shape index (κ3) is 2.49. The first kappa shape index (κ1) is 14.9. The van der Waals surface area contributed by atoms with Gasteiger partial charge in [-0.15, -0.1) is 0 Å². The van der Waals surface area contributed by atoms with Gasteiger partial charge in [0.25, 0.3) is 0 Å². The van der Waals surface area contributed by atoms with Gasteiger partial charge in [0.2, 0.25) is 10.0 Å². The normalized spacial score (nSPS) is 28.1. The van der Waals surface area contributed by atoms with E-state index in [1.807, 2.05) is 30.3 Å². The Morgan fingerprint density at radius 1 is 1.13 bits per heavy atom. The number of hydrogen-bond donors (Lipinski definition) is 1. The summed E-state index contributed by atoms with van der Waals surface area (Å²) in [5.41, 5.74) is 6.95. The Balaban J connectivity index is 1.59. The first-order chi connectivity index (χ1) is 11.1. The van der Waals surface area contributed by atoms with Crippen LogP contribution in [0.5, 0.6) is 0 Å². The van der Waals surface area contributed by atoms with Gasteiger partial charge in [-0.05, 0) is 36.8 Å². The van der Waals surface area contributed by atoms with E-state index in [9.17, 15) is 8.42 Å². The average molecular weight is 332 g/mol. The number of sulfonamides is 1. The van der Waals surface area contributed by atoms with Gasteiger partial charge in [0.15, 0.2) is 0 Å². The molecule has 6 nitrogen and oxygen atoms in total. The van der Waals surface area contributed by atoms with Crippen LogP contribution in [0.2, 0.25) is 0 Å².